The second-order valence-corrected chi connectivity index (χ2v) is 4.50. The molecule has 0 bridgehead atoms. The molecule has 0 aliphatic carbocycles. The average Bonchev–Trinajstić information content (AvgIpc) is 2.97. The number of hydrogen-bond acceptors (Lipinski definition) is 2. The molecule has 1 heterocycles. The Morgan fingerprint density at radius 2 is 1.89 bits per heavy atom. The van der Waals surface area contributed by atoms with Gasteiger partial charge in [0.05, 0.1) is 0 Å². The zero-order valence-corrected chi connectivity index (χ0v) is 10.5. The van der Waals surface area contributed by atoms with Crippen molar-refractivity contribution in [1.29, 1.82) is 0 Å². The smallest absolute Gasteiger partial charge is 0.164 e. The Hall–Kier alpha value is -2.42. The summed E-state index contributed by atoms with van der Waals surface area (Å²) in [6.07, 6.45) is 4.06. The molecule has 3 rings (SSSR count). The van der Waals surface area contributed by atoms with Gasteiger partial charge >= 0.3 is 0 Å². The van der Waals surface area contributed by atoms with Gasteiger partial charge in [-0.1, -0.05) is 36.4 Å². The van der Waals surface area contributed by atoms with E-state index in [9.17, 15) is 4.79 Å². The molecule has 1 aromatic heterocycles. The Balaban J connectivity index is 1.77. The first-order valence-electron chi connectivity index (χ1n) is 6.32. The molecule has 0 saturated heterocycles. The van der Waals surface area contributed by atoms with Crippen molar-refractivity contribution in [2.45, 2.75) is 13.0 Å². The maximum atomic E-state index is 12.1. The summed E-state index contributed by atoms with van der Waals surface area (Å²) in [6, 6.07) is 15.8. The highest BCUT2D eigenvalue weighted by molar-refractivity contribution is 5.99. The van der Waals surface area contributed by atoms with Gasteiger partial charge in [0.25, 0.3) is 0 Å². The highest BCUT2D eigenvalue weighted by Gasteiger charge is 2.06. The van der Waals surface area contributed by atoms with E-state index >= 15 is 0 Å². The van der Waals surface area contributed by atoms with Gasteiger partial charge in [-0.2, -0.15) is 5.10 Å². The first-order chi connectivity index (χ1) is 9.33. The SMILES string of the molecule is O=C(CCn1cccn1)c1ccc2ccccc2c1. The van der Waals surface area contributed by atoms with Gasteiger partial charge in [-0.05, 0) is 22.9 Å². The van der Waals surface area contributed by atoms with Gasteiger partial charge in [0.2, 0.25) is 0 Å². The standard InChI is InChI=1S/C16H14N2O/c19-16(8-11-18-10-3-9-17-18)15-7-6-13-4-1-2-5-14(13)12-15/h1-7,9-10,12H,8,11H2. The molecule has 3 heteroatoms. The van der Waals surface area contributed by atoms with E-state index in [1.54, 1.807) is 10.9 Å². The number of Topliss-reactive ketones (excluding diaryl/α,β-unsaturated/α-hetero) is 1. The lowest BCUT2D eigenvalue weighted by molar-refractivity contribution is 0.0976. The normalized spacial score (nSPS) is 10.7. The van der Waals surface area contributed by atoms with Crippen LogP contribution in [0.5, 0.6) is 0 Å². The second-order valence-electron chi connectivity index (χ2n) is 4.50. The molecule has 0 saturated carbocycles. The fourth-order valence-corrected chi connectivity index (χ4v) is 2.16. The molecule has 0 N–H and O–H groups in total. The van der Waals surface area contributed by atoms with Crippen molar-refractivity contribution in [3.05, 3.63) is 66.5 Å². The molecule has 0 atom stereocenters. The van der Waals surface area contributed by atoms with Crippen molar-refractivity contribution in [3.8, 4) is 0 Å². The molecule has 0 fully saturated rings. The second kappa shape index (κ2) is 5.06. The zero-order valence-electron chi connectivity index (χ0n) is 10.5. The van der Waals surface area contributed by atoms with E-state index in [1.165, 1.54) is 0 Å². The Morgan fingerprint density at radius 1 is 1.05 bits per heavy atom. The summed E-state index contributed by atoms with van der Waals surface area (Å²) in [4.78, 5) is 12.1. The topological polar surface area (TPSA) is 34.9 Å². The number of aromatic nitrogens is 2. The van der Waals surface area contributed by atoms with Crippen LogP contribution in [-0.2, 0) is 6.54 Å². The summed E-state index contributed by atoms with van der Waals surface area (Å²) in [6.45, 7) is 0.624. The molecule has 0 unspecified atom stereocenters. The van der Waals surface area contributed by atoms with Gasteiger partial charge in [-0.3, -0.25) is 9.48 Å². The van der Waals surface area contributed by atoms with E-state index in [0.29, 0.717) is 13.0 Å². The van der Waals surface area contributed by atoms with Crippen molar-refractivity contribution in [2.24, 2.45) is 0 Å². The van der Waals surface area contributed by atoms with Gasteiger partial charge < -0.3 is 0 Å². The summed E-state index contributed by atoms with van der Waals surface area (Å²) < 4.78 is 1.78. The fraction of sp³-hybridized carbons (Fsp3) is 0.125. The van der Waals surface area contributed by atoms with Crippen LogP contribution in [0.15, 0.2) is 60.9 Å². The minimum Gasteiger partial charge on any atom is -0.294 e. The molecule has 2 aromatic carbocycles. The average molecular weight is 250 g/mol. The molecule has 94 valence electrons. The van der Waals surface area contributed by atoms with Gasteiger partial charge in [-0.25, -0.2) is 0 Å². The number of rotatable bonds is 4. The van der Waals surface area contributed by atoms with Crippen LogP contribution >= 0.6 is 0 Å². The molecule has 0 radical (unpaired) electrons. The largest absolute Gasteiger partial charge is 0.294 e. The van der Waals surface area contributed by atoms with Crippen molar-refractivity contribution >= 4 is 16.6 Å². The van der Waals surface area contributed by atoms with E-state index in [1.807, 2.05) is 54.7 Å². The molecular formula is C16H14N2O. The third-order valence-electron chi connectivity index (χ3n) is 3.20. The number of aryl methyl sites for hydroxylation is 1. The van der Waals surface area contributed by atoms with E-state index in [0.717, 1.165) is 16.3 Å². The Kier molecular flexibility index (Phi) is 3.11. The van der Waals surface area contributed by atoms with Gasteiger partial charge in [0.15, 0.2) is 5.78 Å². The summed E-state index contributed by atoms with van der Waals surface area (Å²) in [5.74, 6) is 0.154. The molecule has 3 aromatic rings. The van der Waals surface area contributed by atoms with Crippen LogP contribution in [0.25, 0.3) is 10.8 Å². The molecule has 3 nitrogen and oxygen atoms in total. The minimum absolute atomic E-state index is 0.154. The Labute approximate surface area is 111 Å². The molecule has 0 aliphatic heterocycles. The summed E-state index contributed by atoms with van der Waals surface area (Å²) >= 11 is 0. The Morgan fingerprint density at radius 3 is 2.68 bits per heavy atom. The fourth-order valence-electron chi connectivity index (χ4n) is 2.16. The lowest BCUT2D eigenvalue weighted by Gasteiger charge is -2.04. The Bertz CT molecular complexity index is 702. The molecular weight excluding hydrogens is 236 g/mol. The van der Waals surface area contributed by atoms with Crippen LogP contribution in [0, 0.1) is 0 Å². The third-order valence-corrected chi connectivity index (χ3v) is 3.20. The van der Waals surface area contributed by atoms with Crippen molar-refractivity contribution < 1.29 is 4.79 Å². The van der Waals surface area contributed by atoms with Crippen molar-refractivity contribution in [2.75, 3.05) is 0 Å². The third kappa shape index (κ3) is 2.55. The highest BCUT2D eigenvalue weighted by Crippen LogP contribution is 2.16. The first-order valence-corrected chi connectivity index (χ1v) is 6.32. The predicted molar refractivity (Wildman–Crippen MR) is 75.1 cm³/mol. The molecule has 0 amide bonds. The summed E-state index contributed by atoms with van der Waals surface area (Å²) in [5.41, 5.74) is 0.769. The minimum atomic E-state index is 0.154. The quantitative estimate of drug-likeness (QED) is 0.666. The predicted octanol–water partition coefficient (Wildman–Crippen LogP) is 3.31. The number of ketones is 1. The van der Waals surface area contributed by atoms with E-state index in [4.69, 9.17) is 0 Å². The van der Waals surface area contributed by atoms with Gasteiger partial charge in [-0.15, -0.1) is 0 Å². The highest BCUT2D eigenvalue weighted by atomic mass is 16.1. The molecule has 0 spiro atoms. The number of benzene rings is 2. The van der Waals surface area contributed by atoms with Gasteiger partial charge in [0, 0.05) is 30.9 Å². The van der Waals surface area contributed by atoms with Crippen LogP contribution < -0.4 is 0 Å². The van der Waals surface area contributed by atoms with Gasteiger partial charge in [0.1, 0.15) is 0 Å². The van der Waals surface area contributed by atoms with E-state index < -0.39 is 0 Å². The van der Waals surface area contributed by atoms with Crippen molar-refractivity contribution in [1.82, 2.24) is 9.78 Å². The van der Waals surface area contributed by atoms with Crippen molar-refractivity contribution in [3.63, 3.8) is 0 Å². The van der Waals surface area contributed by atoms with Crippen LogP contribution in [0.4, 0.5) is 0 Å². The van der Waals surface area contributed by atoms with Crippen LogP contribution in [-0.4, -0.2) is 15.6 Å². The number of fused-ring (bicyclic) bond motifs is 1. The number of nitrogens with zero attached hydrogens (tertiary/aromatic N) is 2. The lowest BCUT2D eigenvalue weighted by Crippen LogP contribution is -2.06. The summed E-state index contributed by atoms with van der Waals surface area (Å²) in [5, 5.41) is 6.36. The van der Waals surface area contributed by atoms with E-state index in [-0.39, 0.29) is 5.78 Å². The monoisotopic (exact) mass is 250 g/mol. The summed E-state index contributed by atoms with van der Waals surface area (Å²) in [7, 11) is 0. The first kappa shape index (κ1) is 11.7. The number of carbonyl (C=O) groups excluding carboxylic acids is 1. The van der Waals surface area contributed by atoms with Crippen LogP contribution in [0.2, 0.25) is 0 Å². The molecule has 0 aliphatic rings. The zero-order chi connectivity index (χ0) is 13.1. The van der Waals surface area contributed by atoms with Crippen LogP contribution in [0.1, 0.15) is 16.8 Å². The van der Waals surface area contributed by atoms with E-state index in [2.05, 4.69) is 5.10 Å². The molecule has 19 heavy (non-hydrogen) atoms. The maximum absolute atomic E-state index is 12.1. The number of carbonyl (C=O) groups is 1. The van der Waals surface area contributed by atoms with Crippen LogP contribution in [0.3, 0.4) is 0 Å². The lowest BCUT2D eigenvalue weighted by atomic mass is 10.0. The maximum Gasteiger partial charge on any atom is 0.164 e. The number of hydrogen-bond donors (Lipinski definition) is 0.